The Kier molecular flexibility index (Phi) is 4.07. The molecule has 19 heavy (non-hydrogen) atoms. The Morgan fingerprint density at radius 3 is 2.89 bits per heavy atom. The monoisotopic (exact) mass is 266 g/mol. The largest absolute Gasteiger partial charge is 0.465 e. The van der Waals surface area contributed by atoms with Crippen LogP contribution in [0.3, 0.4) is 0 Å². The molecule has 1 heterocycles. The summed E-state index contributed by atoms with van der Waals surface area (Å²) in [5.74, 6) is 0.726. The minimum Gasteiger partial charge on any atom is -0.465 e. The molecule has 0 unspecified atom stereocenters. The number of carbonyl (C=O) groups excluding carboxylic acids is 2. The minimum atomic E-state index is -0.494. The molecule has 1 aliphatic rings. The summed E-state index contributed by atoms with van der Waals surface area (Å²) in [4.78, 5) is 22.6. The van der Waals surface area contributed by atoms with Crippen LogP contribution < -0.4 is 20.1 Å². The maximum atomic E-state index is 11.5. The highest BCUT2D eigenvalue weighted by atomic mass is 16.7. The average molecular weight is 266 g/mol. The van der Waals surface area contributed by atoms with Gasteiger partial charge in [0, 0.05) is 11.8 Å². The first-order valence-electron chi connectivity index (χ1n) is 5.79. The van der Waals surface area contributed by atoms with E-state index < -0.39 is 12.0 Å². The third-order valence-electron chi connectivity index (χ3n) is 2.33. The van der Waals surface area contributed by atoms with Crippen molar-refractivity contribution in [2.75, 3.05) is 25.3 Å². The molecule has 2 amide bonds. The minimum absolute atomic E-state index is 0.174. The Morgan fingerprint density at radius 1 is 1.32 bits per heavy atom. The van der Waals surface area contributed by atoms with E-state index in [1.807, 2.05) is 0 Å². The van der Waals surface area contributed by atoms with Crippen LogP contribution in [0.25, 0.3) is 0 Å². The lowest BCUT2D eigenvalue weighted by molar-refractivity contribution is -0.141. The molecule has 1 aromatic rings. The van der Waals surface area contributed by atoms with Crippen molar-refractivity contribution in [3.8, 4) is 11.5 Å². The normalized spacial score (nSPS) is 11.8. The topological polar surface area (TPSA) is 85.9 Å². The first-order chi connectivity index (χ1) is 9.19. The number of fused-ring (bicyclic) bond motifs is 1. The molecule has 0 atom stereocenters. The van der Waals surface area contributed by atoms with E-state index in [1.165, 1.54) is 0 Å². The Hall–Kier alpha value is -2.44. The SMILES string of the molecule is CCOC(=O)CNC(=O)Nc1ccc2c(c1)OCO2. The van der Waals surface area contributed by atoms with Crippen molar-refractivity contribution in [3.05, 3.63) is 18.2 Å². The molecule has 0 radical (unpaired) electrons. The zero-order valence-corrected chi connectivity index (χ0v) is 10.4. The van der Waals surface area contributed by atoms with Crippen molar-refractivity contribution >= 4 is 17.7 Å². The summed E-state index contributed by atoms with van der Waals surface area (Å²) in [6, 6.07) is 4.53. The van der Waals surface area contributed by atoms with Gasteiger partial charge in [-0.05, 0) is 19.1 Å². The van der Waals surface area contributed by atoms with Gasteiger partial charge in [0.2, 0.25) is 6.79 Å². The molecule has 1 aromatic carbocycles. The van der Waals surface area contributed by atoms with Crippen LogP contribution in [0.5, 0.6) is 11.5 Å². The van der Waals surface area contributed by atoms with Gasteiger partial charge in [-0.1, -0.05) is 0 Å². The van der Waals surface area contributed by atoms with Crippen LogP contribution in [-0.4, -0.2) is 31.9 Å². The van der Waals surface area contributed by atoms with E-state index in [-0.39, 0.29) is 19.9 Å². The summed E-state index contributed by atoms with van der Waals surface area (Å²) >= 11 is 0. The second kappa shape index (κ2) is 5.94. The van der Waals surface area contributed by atoms with Crippen molar-refractivity contribution in [2.45, 2.75) is 6.92 Å². The van der Waals surface area contributed by atoms with Gasteiger partial charge in [-0.2, -0.15) is 0 Å². The van der Waals surface area contributed by atoms with Gasteiger partial charge in [0.15, 0.2) is 11.5 Å². The van der Waals surface area contributed by atoms with Crippen molar-refractivity contribution in [3.63, 3.8) is 0 Å². The Balaban J connectivity index is 1.84. The van der Waals surface area contributed by atoms with Crippen LogP contribution in [-0.2, 0) is 9.53 Å². The lowest BCUT2D eigenvalue weighted by atomic mass is 10.3. The molecule has 0 saturated heterocycles. The maximum absolute atomic E-state index is 11.5. The predicted octanol–water partition coefficient (Wildman–Crippen LogP) is 1.10. The number of urea groups is 1. The lowest BCUT2D eigenvalue weighted by Crippen LogP contribution is -2.34. The Morgan fingerprint density at radius 2 is 2.11 bits per heavy atom. The molecule has 0 fully saturated rings. The molecule has 0 aromatic heterocycles. The summed E-state index contributed by atoms with van der Waals surface area (Å²) in [5.41, 5.74) is 0.547. The standard InChI is InChI=1S/C12H14N2O5/c1-2-17-11(15)6-13-12(16)14-8-3-4-9-10(5-8)19-7-18-9/h3-5H,2,6-7H2,1H3,(H2,13,14,16). The molecule has 0 bridgehead atoms. The third kappa shape index (κ3) is 3.51. The summed E-state index contributed by atoms with van der Waals surface area (Å²) in [5, 5.41) is 4.96. The predicted molar refractivity (Wildman–Crippen MR) is 66.2 cm³/mol. The number of hydrogen-bond donors (Lipinski definition) is 2. The van der Waals surface area contributed by atoms with Crippen molar-refractivity contribution in [2.24, 2.45) is 0 Å². The van der Waals surface area contributed by atoms with E-state index in [0.29, 0.717) is 17.2 Å². The molecule has 7 heteroatoms. The molecule has 7 nitrogen and oxygen atoms in total. The Bertz CT molecular complexity index is 489. The van der Waals surface area contributed by atoms with Gasteiger partial charge in [-0.3, -0.25) is 4.79 Å². The fourth-order valence-electron chi connectivity index (χ4n) is 1.51. The zero-order chi connectivity index (χ0) is 13.7. The number of carbonyl (C=O) groups is 2. The summed E-state index contributed by atoms with van der Waals surface area (Å²) < 4.78 is 15.0. The highest BCUT2D eigenvalue weighted by Gasteiger charge is 2.14. The van der Waals surface area contributed by atoms with E-state index in [9.17, 15) is 9.59 Å². The van der Waals surface area contributed by atoms with Crippen LogP contribution >= 0.6 is 0 Å². The van der Waals surface area contributed by atoms with Gasteiger partial charge in [0.25, 0.3) is 0 Å². The van der Waals surface area contributed by atoms with Gasteiger partial charge in [0.1, 0.15) is 6.54 Å². The second-order valence-corrected chi connectivity index (χ2v) is 3.68. The van der Waals surface area contributed by atoms with Gasteiger partial charge in [-0.15, -0.1) is 0 Å². The molecular weight excluding hydrogens is 252 g/mol. The number of benzene rings is 1. The summed E-state index contributed by atoms with van der Waals surface area (Å²) in [6.07, 6.45) is 0. The van der Waals surface area contributed by atoms with Crippen LogP contribution in [0.2, 0.25) is 0 Å². The van der Waals surface area contributed by atoms with Gasteiger partial charge in [0.05, 0.1) is 6.61 Å². The quantitative estimate of drug-likeness (QED) is 0.797. The van der Waals surface area contributed by atoms with Crippen LogP contribution in [0.15, 0.2) is 18.2 Å². The van der Waals surface area contributed by atoms with Crippen LogP contribution in [0.4, 0.5) is 10.5 Å². The van der Waals surface area contributed by atoms with Crippen molar-refractivity contribution < 1.29 is 23.8 Å². The van der Waals surface area contributed by atoms with Crippen LogP contribution in [0.1, 0.15) is 6.92 Å². The lowest BCUT2D eigenvalue weighted by Gasteiger charge is -2.07. The molecule has 2 rings (SSSR count). The van der Waals surface area contributed by atoms with Crippen molar-refractivity contribution in [1.82, 2.24) is 5.32 Å². The van der Waals surface area contributed by atoms with E-state index in [2.05, 4.69) is 15.4 Å². The van der Waals surface area contributed by atoms with Crippen molar-refractivity contribution in [1.29, 1.82) is 0 Å². The number of ether oxygens (including phenoxy) is 3. The molecule has 2 N–H and O–H groups in total. The molecular formula is C12H14N2O5. The highest BCUT2D eigenvalue weighted by molar-refractivity contribution is 5.91. The fourth-order valence-corrected chi connectivity index (χ4v) is 1.51. The van der Waals surface area contributed by atoms with Gasteiger partial charge >= 0.3 is 12.0 Å². The van der Waals surface area contributed by atoms with E-state index in [1.54, 1.807) is 25.1 Å². The first-order valence-corrected chi connectivity index (χ1v) is 5.79. The van der Waals surface area contributed by atoms with E-state index in [4.69, 9.17) is 9.47 Å². The molecule has 102 valence electrons. The van der Waals surface area contributed by atoms with E-state index >= 15 is 0 Å². The molecule has 0 spiro atoms. The molecule has 0 aliphatic carbocycles. The molecule has 0 saturated carbocycles. The number of anilines is 1. The number of nitrogens with one attached hydrogen (secondary N) is 2. The second-order valence-electron chi connectivity index (χ2n) is 3.68. The highest BCUT2D eigenvalue weighted by Crippen LogP contribution is 2.34. The first kappa shape index (κ1) is 13.0. The summed E-state index contributed by atoms with van der Waals surface area (Å²) in [7, 11) is 0. The average Bonchev–Trinajstić information content (AvgIpc) is 2.84. The van der Waals surface area contributed by atoms with Crippen LogP contribution in [0, 0.1) is 0 Å². The number of amides is 2. The molecule has 1 aliphatic heterocycles. The maximum Gasteiger partial charge on any atom is 0.325 e. The van der Waals surface area contributed by atoms with E-state index in [0.717, 1.165) is 0 Å². The van der Waals surface area contributed by atoms with Gasteiger partial charge < -0.3 is 24.8 Å². The number of hydrogen-bond acceptors (Lipinski definition) is 5. The fraction of sp³-hybridized carbons (Fsp3) is 0.333. The summed E-state index contributed by atoms with van der Waals surface area (Å²) in [6.45, 7) is 1.98. The van der Waals surface area contributed by atoms with Gasteiger partial charge in [-0.25, -0.2) is 4.79 Å². The smallest absolute Gasteiger partial charge is 0.325 e. The zero-order valence-electron chi connectivity index (χ0n) is 10.4. The Labute approximate surface area is 109 Å². The number of rotatable bonds is 4. The third-order valence-corrected chi connectivity index (χ3v) is 2.33. The number of esters is 1.